The number of carbonyl (C=O) groups excluding carboxylic acids is 1. The standard InChI is InChI=1S/C20H20ClNO2/c1-12-8-15(9-13(2)19(12)24-3)11-17-16-10-14(6-7-21)4-5-18(16)22-20(17)23/h4-5,8-11H,6-7H2,1-3H3,(H,22,23). The van der Waals surface area contributed by atoms with E-state index in [9.17, 15) is 4.79 Å². The molecule has 1 N–H and O–H groups in total. The molecule has 0 aromatic heterocycles. The van der Waals surface area contributed by atoms with Gasteiger partial charge < -0.3 is 10.1 Å². The molecule has 0 fully saturated rings. The number of methoxy groups -OCH3 is 1. The highest BCUT2D eigenvalue weighted by atomic mass is 35.5. The molecule has 0 spiro atoms. The van der Waals surface area contributed by atoms with Crippen LogP contribution in [0, 0.1) is 13.8 Å². The molecule has 0 radical (unpaired) electrons. The summed E-state index contributed by atoms with van der Waals surface area (Å²) in [4.78, 5) is 12.4. The van der Waals surface area contributed by atoms with E-state index in [0.29, 0.717) is 11.5 Å². The maximum absolute atomic E-state index is 12.4. The molecule has 3 rings (SSSR count). The van der Waals surface area contributed by atoms with Gasteiger partial charge in [0.1, 0.15) is 5.75 Å². The van der Waals surface area contributed by atoms with Gasteiger partial charge in [0.15, 0.2) is 0 Å². The molecule has 0 saturated carbocycles. The van der Waals surface area contributed by atoms with Gasteiger partial charge in [-0.2, -0.15) is 0 Å². The van der Waals surface area contributed by atoms with Gasteiger partial charge in [-0.15, -0.1) is 11.6 Å². The number of halogens is 1. The minimum Gasteiger partial charge on any atom is -0.496 e. The number of aryl methyl sites for hydroxylation is 3. The summed E-state index contributed by atoms with van der Waals surface area (Å²) in [6.45, 7) is 4.02. The molecule has 1 aliphatic heterocycles. The number of anilines is 1. The summed E-state index contributed by atoms with van der Waals surface area (Å²) in [6.07, 6.45) is 2.72. The van der Waals surface area contributed by atoms with Gasteiger partial charge in [0.2, 0.25) is 0 Å². The van der Waals surface area contributed by atoms with Crippen molar-refractivity contribution in [1.82, 2.24) is 0 Å². The molecule has 0 saturated heterocycles. The van der Waals surface area contributed by atoms with E-state index >= 15 is 0 Å². The van der Waals surface area contributed by atoms with Gasteiger partial charge in [0, 0.05) is 22.7 Å². The molecular formula is C20H20ClNO2. The second kappa shape index (κ2) is 6.70. The lowest BCUT2D eigenvalue weighted by Gasteiger charge is -2.10. The van der Waals surface area contributed by atoms with Crippen LogP contribution in [0.3, 0.4) is 0 Å². The van der Waals surface area contributed by atoms with Gasteiger partial charge in [0.05, 0.1) is 7.11 Å². The van der Waals surface area contributed by atoms with Crippen LogP contribution in [-0.4, -0.2) is 18.9 Å². The first kappa shape index (κ1) is 16.6. The van der Waals surface area contributed by atoms with Crippen LogP contribution in [-0.2, 0) is 11.2 Å². The predicted octanol–water partition coefficient (Wildman–Crippen LogP) is 4.59. The number of hydrogen-bond acceptors (Lipinski definition) is 2. The first-order valence-electron chi connectivity index (χ1n) is 7.91. The van der Waals surface area contributed by atoms with E-state index in [-0.39, 0.29) is 5.91 Å². The number of benzene rings is 2. The smallest absolute Gasteiger partial charge is 0.256 e. The Balaban J connectivity index is 2.06. The largest absolute Gasteiger partial charge is 0.496 e. The Bertz CT molecular complexity index is 817. The van der Waals surface area contributed by atoms with Crippen molar-refractivity contribution >= 4 is 34.8 Å². The summed E-state index contributed by atoms with van der Waals surface area (Å²) >= 11 is 5.84. The Morgan fingerprint density at radius 1 is 1.17 bits per heavy atom. The Hall–Kier alpha value is -2.26. The van der Waals surface area contributed by atoms with Crippen molar-refractivity contribution in [2.45, 2.75) is 20.3 Å². The lowest BCUT2D eigenvalue weighted by atomic mass is 9.99. The van der Waals surface area contributed by atoms with E-state index in [4.69, 9.17) is 16.3 Å². The number of carbonyl (C=O) groups is 1. The van der Waals surface area contributed by atoms with Crippen LogP contribution in [0.2, 0.25) is 0 Å². The highest BCUT2D eigenvalue weighted by molar-refractivity contribution is 6.35. The zero-order valence-electron chi connectivity index (χ0n) is 14.1. The average molecular weight is 342 g/mol. The fourth-order valence-corrected chi connectivity index (χ4v) is 3.42. The number of ether oxygens (including phenoxy) is 1. The summed E-state index contributed by atoms with van der Waals surface area (Å²) in [5, 5.41) is 2.92. The van der Waals surface area contributed by atoms with E-state index < -0.39 is 0 Å². The predicted molar refractivity (Wildman–Crippen MR) is 99.8 cm³/mol. The number of nitrogens with one attached hydrogen (secondary N) is 1. The van der Waals surface area contributed by atoms with Gasteiger partial charge in [-0.05, 0) is 72.9 Å². The van der Waals surface area contributed by atoms with Crippen LogP contribution in [0.15, 0.2) is 30.3 Å². The molecule has 0 unspecified atom stereocenters. The first-order valence-corrected chi connectivity index (χ1v) is 8.44. The second-order valence-corrected chi connectivity index (χ2v) is 6.40. The van der Waals surface area contributed by atoms with Gasteiger partial charge in [0.25, 0.3) is 5.91 Å². The molecule has 0 aliphatic carbocycles. The van der Waals surface area contributed by atoms with Crippen molar-refractivity contribution in [2.75, 3.05) is 18.3 Å². The summed E-state index contributed by atoms with van der Waals surface area (Å²) in [6, 6.07) is 10.1. The highest BCUT2D eigenvalue weighted by Crippen LogP contribution is 2.35. The molecule has 124 valence electrons. The maximum Gasteiger partial charge on any atom is 0.256 e. The zero-order valence-corrected chi connectivity index (χ0v) is 14.8. The molecule has 3 nitrogen and oxygen atoms in total. The molecule has 2 aromatic carbocycles. The minimum absolute atomic E-state index is 0.0702. The van der Waals surface area contributed by atoms with Crippen LogP contribution in [0.5, 0.6) is 5.75 Å². The van der Waals surface area contributed by atoms with Crippen molar-refractivity contribution in [1.29, 1.82) is 0 Å². The first-order chi connectivity index (χ1) is 11.5. The molecule has 4 heteroatoms. The van der Waals surface area contributed by atoms with Crippen molar-refractivity contribution in [3.05, 3.63) is 58.1 Å². The van der Waals surface area contributed by atoms with Crippen LogP contribution in [0.4, 0.5) is 5.69 Å². The second-order valence-electron chi connectivity index (χ2n) is 6.02. The molecule has 24 heavy (non-hydrogen) atoms. The van der Waals surface area contributed by atoms with Crippen LogP contribution < -0.4 is 10.1 Å². The van der Waals surface area contributed by atoms with Crippen LogP contribution in [0.25, 0.3) is 11.6 Å². The van der Waals surface area contributed by atoms with Gasteiger partial charge >= 0.3 is 0 Å². The molecule has 1 amide bonds. The topological polar surface area (TPSA) is 38.3 Å². The van der Waals surface area contributed by atoms with Crippen molar-refractivity contribution in [3.63, 3.8) is 0 Å². The van der Waals surface area contributed by atoms with Crippen LogP contribution >= 0.6 is 11.6 Å². The van der Waals surface area contributed by atoms with Crippen molar-refractivity contribution in [3.8, 4) is 5.75 Å². The van der Waals surface area contributed by atoms with Gasteiger partial charge in [-0.1, -0.05) is 6.07 Å². The summed E-state index contributed by atoms with van der Waals surface area (Å²) in [5.41, 5.74) is 6.71. The Morgan fingerprint density at radius 3 is 2.50 bits per heavy atom. The molecular weight excluding hydrogens is 322 g/mol. The van der Waals surface area contributed by atoms with E-state index in [2.05, 4.69) is 5.32 Å². The molecule has 0 atom stereocenters. The van der Waals surface area contributed by atoms with Crippen LogP contribution in [0.1, 0.15) is 27.8 Å². The number of hydrogen-bond donors (Lipinski definition) is 1. The van der Waals surface area contributed by atoms with Gasteiger partial charge in [-0.3, -0.25) is 4.79 Å². The van der Waals surface area contributed by atoms with E-state index in [0.717, 1.165) is 45.7 Å². The van der Waals surface area contributed by atoms with Gasteiger partial charge in [-0.25, -0.2) is 0 Å². The third-order valence-corrected chi connectivity index (χ3v) is 4.44. The van der Waals surface area contributed by atoms with E-state index in [1.165, 1.54) is 0 Å². The number of fused-ring (bicyclic) bond motifs is 1. The third-order valence-electron chi connectivity index (χ3n) is 4.25. The van der Waals surface area contributed by atoms with Crippen molar-refractivity contribution < 1.29 is 9.53 Å². The zero-order chi connectivity index (χ0) is 17.3. The fourth-order valence-electron chi connectivity index (χ4n) is 3.20. The maximum atomic E-state index is 12.4. The monoisotopic (exact) mass is 341 g/mol. The molecule has 1 heterocycles. The molecule has 2 aromatic rings. The molecule has 1 aliphatic rings. The summed E-state index contributed by atoms with van der Waals surface area (Å²) in [7, 11) is 1.67. The van der Waals surface area contributed by atoms with E-state index in [1.54, 1.807) is 7.11 Å². The Labute approximate surface area is 147 Å². The third kappa shape index (κ3) is 3.04. The minimum atomic E-state index is -0.0702. The van der Waals surface area contributed by atoms with Crippen molar-refractivity contribution in [2.24, 2.45) is 0 Å². The Morgan fingerprint density at radius 2 is 1.88 bits per heavy atom. The summed E-state index contributed by atoms with van der Waals surface area (Å²) < 4.78 is 5.41. The summed E-state index contributed by atoms with van der Waals surface area (Å²) in [5.74, 6) is 1.38. The number of amides is 1. The normalized spacial score (nSPS) is 14.7. The lowest BCUT2D eigenvalue weighted by molar-refractivity contribution is -0.110. The average Bonchev–Trinajstić information content (AvgIpc) is 2.83. The Kier molecular flexibility index (Phi) is 4.63. The van der Waals surface area contributed by atoms with E-state index in [1.807, 2.05) is 50.3 Å². The number of alkyl halides is 1. The highest BCUT2D eigenvalue weighted by Gasteiger charge is 2.24. The molecule has 0 bridgehead atoms. The number of rotatable bonds is 4. The lowest BCUT2D eigenvalue weighted by Crippen LogP contribution is -2.03. The SMILES string of the molecule is COc1c(C)cc(C=C2C(=O)Nc3ccc(CCCl)cc32)cc1C. The fraction of sp³-hybridized carbons (Fsp3) is 0.250. The quantitative estimate of drug-likeness (QED) is 0.652.